The highest BCUT2D eigenvalue weighted by molar-refractivity contribution is 8.26. The van der Waals surface area contributed by atoms with Gasteiger partial charge in [-0.1, -0.05) is 41.6 Å². The summed E-state index contributed by atoms with van der Waals surface area (Å²) in [4.78, 5) is 24.3. The van der Waals surface area contributed by atoms with Crippen LogP contribution in [0.15, 0.2) is 23.1 Å². The first-order chi connectivity index (χ1) is 9.82. The van der Waals surface area contributed by atoms with Gasteiger partial charge in [-0.15, -0.1) is 0 Å². The van der Waals surface area contributed by atoms with Crippen LogP contribution in [0, 0.1) is 5.82 Å². The van der Waals surface area contributed by atoms with Crippen LogP contribution < -0.4 is 0 Å². The van der Waals surface area contributed by atoms with Crippen LogP contribution in [-0.4, -0.2) is 32.2 Å². The SMILES string of the molecule is C[C@H](C(=O)O)N1C(=O)/C(=C\c2c(F)cccc2Cl)SC1=S. The Balaban J connectivity index is 2.39. The minimum absolute atomic E-state index is 0.0719. The number of carbonyl (C=O) groups excluding carboxylic acids is 1. The van der Waals surface area contributed by atoms with Crippen LogP contribution in [0.1, 0.15) is 12.5 Å². The second-order valence-electron chi connectivity index (χ2n) is 4.20. The molecule has 1 saturated heterocycles. The molecule has 1 amide bonds. The Hall–Kier alpha value is -1.44. The maximum Gasteiger partial charge on any atom is 0.326 e. The van der Waals surface area contributed by atoms with Crippen molar-refractivity contribution in [2.75, 3.05) is 0 Å². The molecule has 0 radical (unpaired) electrons. The van der Waals surface area contributed by atoms with Gasteiger partial charge < -0.3 is 5.11 Å². The highest BCUT2D eigenvalue weighted by Crippen LogP contribution is 2.35. The fourth-order valence-electron chi connectivity index (χ4n) is 1.70. The average molecular weight is 346 g/mol. The zero-order valence-electron chi connectivity index (χ0n) is 10.7. The molecule has 8 heteroatoms. The van der Waals surface area contributed by atoms with E-state index < -0.39 is 23.7 Å². The fraction of sp³-hybridized carbons (Fsp3) is 0.154. The number of thioether (sulfide) groups is 1. The first-order valence-electron chi connectivity index (χ1n) is 5.76. The van der Waals surface area contributed by atoms with Crippen LogP contribution in [0.4, 0.5) is 4.39 Å². The summed E-state index contributed by atoms with van der Waals surface area (Å²) in [6, 6.07) is 3.08. The first-order valence-corrected chi connectivity index (χ1v) is 7.37. The molecule has 1 N–H and O–H groups in total. The molecule has 4 nitrogen and oxygen atoms in total. The van der Waals surface area contributed by atoms with Gasteiger partial charge in [0.05, 0.1) is 9.93 Å². The molecule has 1 aliphatic heterocycles. The predicted molar refractivity (Wildman–Crippen MR) is 83.5 cm³/mol. The van der Waals surface area contributed by atoms with Gasteiger partial charge in [-0.25, -0.2) is 9.18 Å². The highest BCUT2D eigenvalue weighted by atomic mass is 35.5. The summed E-state index contributed by atoms with van der Waals surface area (Å²) >= 11 is 11.8. The molecular weight excluding hydrogens is 337 g/mol. The molecule has 0 unspecified atom stereocenters. The van der Waals surface area contributed by atoms with Crippen molar-refractivity contribution in [3.05, 3.63) is 39.5 Å². The van der Waals surface area contributed by atoms with Crippen LogP contribution in [0.2, 0.25) is 5.02 Å². The minimum Gasteiger partial charge on any atom is -0.480 e. The molecular formula is C13H9ClFNO3S2. The summed E-state index contributed by atoms with van der Waals surface area (Å²) in [6.45, 7) is 1.35. The summed E-state index contributed by atoms with van der Waals surface area (Å²) in [6.07, 6.45) is 1.28. The number of aliphatic carboxylic acids is 1. The van der Waals surface area contributed by atoms with Crippen molar-refractivity contribution in [3.63, 3.8) is 0 Å². The van der Waals surface area contributed by atoms with E-state index in [0.717, 1.165) is 16.7 Å². The number of carboxylic acid groups (broad SMARTS) is 1. The number of benzene rings is 1. The third-order valence-corrected chi connectivity index (χ3v) is 4.50. The molecule has 0 aromatic heterocycles. The van der Waals surface area contributed by atoms with E-state index in [-0.39, 0.29) is 19.8 Å². The molecule has 1 fully saturated rings. The van der Waals surface area contributed by atoms with Gasteiger partial charge in [-0.2, -0.15) is 0 Å². The normalized spacial score (nSPS) is 18.4. The first kappa shape index (κ1) is 15.9. The molecule has 1 heterocycles. The van der Waals surface area contributed by atoms with Crippen molar-refractivity contribution in [1.82, 2.24) is 4.90 Å². The van der Waals surface area contributed by atoms with E-state index in [1.54, 1.807) is 0 Å². The van der Waals surface area contributed by atoms with Crippen molar-refractivity contribution in [2.45, 2.75) is 13.0 Å². The number of thiocarbonyl (C=S) groups is 1. The third kappa shape index (κ3) is 3.09. The molecule has 1 aromatic carbocycles. The lowest BCUT2D eigenvalue weighted by Crippen LogP contribution is -2.41. The van der Waals surface area contributed by atoms with Gasteiger partial charge in [0, 0.05) is 5.56 Å². The molecule has 1 aromatic rings. The number of hydrogen-bond acceptors (Lipinski definition) is 4. The van der Waals surface area contributed by atoms with Crippen molar-refractivity contribution >= 4 is 57.9 Å². The van der Waals surface area contributed by atoms with Gasteiger partial charge in [-0.3, -0.25) is 9.69 Å². The summed E-state index contributed by atoms with van der Waals surface area (Å²) in [5, 5.41) is 9.14. The molecule has 110 valence electrons. The van der Waals surface area contributed by atoms with Gasteiger partial charge in [-0.05, 0) is 25.1 Å². The predicted octanol–water partition coefficient (Wildman–Crippen LogP) is 3.15. The Labute approximate surface area is 134 Å². The van der Waals surface area contributed by atoms with Gasteiger partial charge in [0.15, 0.2) is 0 Å². The van der Waals surface area contributed by atoms with Crippen molar-refractivity contribution in [1.29, 1.82) is 0 Å². The van der Waals surface area contributed by atoms with Crippen molar-refractivity contribution < 1.29 is 19.1 Å². The Morgan fingerprint density at radius 2 is 2.24 bits per heavy atom. The van der Waals surface area contributed by atoms with Gasteiger partial charge >= 0.3 is 5.97 Å². The minimum atomic E-state index is -1.17. The molecule has 1 aliphatic rings. The van der Waals surface area contributed by atoms with Gasteiger partial charge in [0.25, 0.3) is 5.91 Å². The number of carbonyl (C=O) groups is 2. The van der Waals surface area contributed by atoms with Crippen molar-refractivity contribution in [2.24, 2.45) is 0 Å². The van der Waals surface area contributed by atoms with E-state index in [4.69, 9.17) is 28.9 Å². The van der Waals surface area contributed by atoms with Crippen LogP contribution in [0.3, 0.4) is 0 Å². The standard InChI is InChI=1S/C13H9ClFNO3S2/c1-6(12(18)19)16-11(17)10(21-13(16)20)5-7-8(14)3-2-4-9(7)15/h2-6H,1H3,(H,18,19)/b10-5+/t6-/m1/s1. The number of halogens is 2. The number of hydrogen-bond donors (Lipinski definition) is 1. The number of nitrogens with zero attached hydrogens (tertiary/aromatic N) is 1. The quantitative estimate of drug-likeness (QED) is 0.673. The largest absolute Gasteiger partial charge is 0.480 e. The van der Waals surface area contributed by atoms with E-state index in [1.165, 1.54) is 31.2 Å². The summed E-state index contributed by atoms with van der Waals surface area (Å²) in [5.74, 6) is -2.31. The zero-order valence-corrected chi connectivity index (χ0v) is 13.1. The molecule has 2 rings (SSSR count). The Kier molecular flexibility index (Phi) is 4.65. The molecule has 0 saturated carbocycles. The van der Waals surface area contributed by atoms with Gasteiger partial charge in [0.2, 0.25) is 0 Å². The molecule has 1 atom stereocenters. The monoisotopic (exact) mass is 345 g/mol. The lowest BCUT2D eigenvalue weighted by Gasteiger charge is -2.18. The molecule has 0 aliphatic carbocycles. The number of rotatable bonds is 3. The van der Waals surface area contributed by atoms with E-state index in [0.29, 0.717) is 0 Å². The molecule has 21 heavy (non-hydrogen) atoms. The second-order valence-corrected chi connectivity index (χ2v) is 6.28. The summed E-state index contributed by atoms with van der Waals surface area (Å²) in [7, 11) is 0. The zero-order chi connectivity index (χ0) is 15.7. The maximum absolute atomic E-state index is 13.7. The number of amides is 1. The molecule has 0 bridgehead atoms. The number of carboxylic acids is 1. The Morgan fingerprint density at radius 3 is 2.81 bits per heavy atom. The van der Waals surface area contributed by atoms with Crippen LogP contribution in [0.25, 0.3) is 6.08 Å². The highest BCUT2D eigenvalue weighted by Gasteiger charge is 2.38. The van der Waals surface area contributed by atoms with Gasteiger partial charge in [0.1, 0.15) is 16.2 Å². The van der Waals surface area contributed by atoms with E-state index in [2.05, 4.69) is 0 Å². The Bertz CT molecular complexity index is 657. The fourth-order valence-corrected chi connectivity index (χ4v) is 3.32. The van der Waals surface area contributed by atoms with Crippen molar-refractivity contribution in [3.8, 4) is 0 Å². The van der Waals surface area contributed by atoms with Crippen LogP contribution in [-0.2, 0) is 9.59 Å². The van der Waals surface area contributed by atoms with E-state index >= 15 is 0 Å². The average Bonchev–Trinajstić information content (AvgIpc) is 2.68. The summed E-state index contributed by atoms with van der Waals surface area (Å²) in [5.41, 5.74) is 0.0719. The van der Waals surface area contributed by atoms with Crippen LogP contribution in [0.5, 0.6) is 0 Å². The smallest absolute Gasteiger partial charge is 0.326 e. The lowest BCUT2D eigenvalue weighted by atomic mass is 10.2. The Morgan fingerprint density at radius 1 is 1.57 bits per heavy atom. The third-order valence-electron chi connectivity index (χ3n) is 2.84. The lowest BCUT2D eigenvalue weighted by molar-refractivity contribution is -0.144. The summed E-state index contributed by atoms with van der Waals surface area (Å²) < 4.78 is 13.8. The second kappa shape index (κ2) is 6.13. The topological polar surface area (TPSA) is 57.6 Å². The molecule has 0 spiro atoms. The van der Waals surface area contributed by atoms with Crippen LogP contribution >= 0.6 is 35.6 Å². The van der Waals surface area contributed by atoms with E-state index in [9.17, 15) is 14.0 Å². The maximum atomic E-state index is 13.7. The van der Waals surface area contributed by atoms with E-state index in [1.807, 2.05) is 0 Å².